The van der Waals surface area contributed by atoms with Crippen molar-refractivity contribution >= 4 is 21.7 Å². The van der Waals surface area contributed by atoms with Gasteiger partial charge in [-0.2, -0.15) is 0 Å². The van der Waals surface area contributed by atoms with Crippen molar-refractivity contribution in [1.29, 1.82) is 0 Å². The minimum atomic E-state index is 0.166. The molecule has 4 rings (SSSR count). The highest BCUT2D eigenvalue weighted by atomic mass is 32.1. The number of pyridine rings is 1. The molecule has 2 aromatic heterocycles. The first-order valence-electron chi connectivity index (χ1n) is 6.15. The second kappa shape index (κ2) is 3.62. The van der Waals surface area contributed by atoms with Gasteiger partial charge in [-0.05, 0) is 30.5 Å². The monoisotopic (exact) mass is 252 g/mol. The molecule has 0 bridgehead atoms. The number of thiazole rings is 1. The van der Waals surface area contributed by atoms with E-state index in [1.54, 1.807) is 11.3 Å². The fraction of sp³-hybridized carbons (Fsp3) is 0.200. The Morgan fingerprint density at radius 1 is 1.00 bits per heavy atom. The van der Waals surface area contributed by atoms with Gasteiger partial charge in [-0.25, -0.2) is 9.97 Å². The third-order valence-electron chi connectivity index (χ3n) is 3.76. The van der Waals surface area contributed by atoms with E-state index >= 15 is 0 Å². The first kappa shape index (κ1) is 10.2. The van der Waals surface area contributed by atoms with Crippen LogP contribution in [0.1, 0.15) is 24.1 Å². The van der Waals surface area contributed by atoms with Crippen LogP contribution in [0.2, 0.25) is 0 Å². The Morgan fingerprint density at radius 2 is 1.83 bits per heavy atom. The van der Waals surface area contributed by atoms with Gasteiger partial charge in [0, 0.05) is 5.41 Å². The summed E-state index contributed by atoms with van der Waals surface area (Å²) in [6.45, 7) is 0. The summed E-state index contributed by atoms with van der Waals surface area (Å²) >= 11 is 1.62. The molecule has 1 saturated carbocycles. The molecule has 88 valence electrons. The largest absolute Gasteiger partial charge is 0.243 e. The van der Waals surface area contributed by atoms with E-state index in [1.165, 1.54) is 24.1 Å². The van der Waals surface area contributed by atoms with Gasteiger partial charge in [0.25, 0.3) is 0 Å². The summed E-state index contributed by atoms with van der Waals surface area (Å²) in [6.07, 6.45) is 2.41. The number of fused-ring (bicyclic) bond motifs is 1. The number of nitrogens with zero attached hydrogens (tertiary/aromatic N) is 2. The van der Waals surface area contributed by atoms with Gasteiger partial charge in [-0.1, -0.05) is 30.3 Å². The van der Waals surface area contributed by atoms with Gasteiger partial charge in [0.15, 0.2) is 0 Å². The highest BCUT2D eigenvalue weighted by Crippen LogP contribution is 2.52. The van der Waals surface area contributed by atoms with Gasteiger partial charge >= 0.3 is 0 Å². The molecule has 2 heterocycles. The second-order valence-electron chi connectivity index (χ2n) is 4.82. The molecule has 1 aromatic carbocycles. The van der Waals surface area contributed by atoms with Gasteiger partial charge in [-0.3, -0.25) is 0 Å². The van der Waals surface area contributed by atoms with Crippen LogP contribution >= 0.6 is 11.3 Å². The molecule has 0 amide bonds. The lowest BCUT2D eigenvalue weighted by molar-refractivity contribution is 0.811. The zero-order valence-electron chi connectivity index (χ0n) is 9.84. The molecule has 3 aromatic rings. The Balaban J connectivity index is 1.87. The number of benzene rings is 1. The maximum Gasteiger partial charge on any atom is 0.143 e. The van der Waals surface area contributed by atoms with Gasteiger partial charge in [0.2, 0.25) is 0 Å². The topological polar surface area (TPSA) is 25.8 Å². The fourth-order valence-electron chi connectivity index (χ4n) is 2.59. The van der Waals surface area contributed by atoms with Crippen LogP contribution < -0.4 is 0 Å². The quantitative estimate of drug-likeness (QED) is 0.693. The molecule has 1 aliphatic carbocycles. The molecule has 0 unspecified atom stereocenters. The van der Waals surface area contributed by atoms with Crippen molar-refractivity contribution in [2.45, 2.75) is 18.3 Å². The van der Waals surface area contributed by atoms with Crippen molar-refractivity contribution in [2.75, 3.05) is 0 Å². The van der Waals surface area contributed by atoms with Crippen LogP contribution in [0.15, 0.2) is 48.0 Å². The van der Waals surface area contributed by atoms with Gasteiger partial charge in [0.05, 0.1) is 16.7 Å². The zero-order valence-corrected chi connectivity index (χ0v) is 10.7. The molecule has 0 radical (unpaired) electrons. The lowest BCUT2D eigenvalue weighted by Gasteiger charge is -2.14. The molecule has 2 nitrogen and oxygen atoms in total. The highest BCUT2D eigenvalue weighted by molar-refractivity contribution is 7.16. The first-order valence-corrected chi connectivity index (χ1v) is 7.03. The molecule has 18 heavy (non-hydrogen) atoms. The van der Waals surface area contributed by atoms with E-state index in [2.05, 4.69) is 47.4 Å². The average molecular weight is 252 g/mol. The molecule has 1 aliphatic rings. The van der Waals surface area contributed by atoms with Gasteiger partial charge in [0.1, 0.15) is 4.83 Å². The molecule has 0 aliphatic heterocycles. The SMILES string of the molecule is c1ccc(C2(c3ccc4ncsc4n3)CC2)cc1. The highest BCUT2D eigenvalue weighted by Gasteiger charge is 2.47. The van der Waals surface area contributed by atoms with Crippen LogP contribution in [0.4, 0.5) is 0 Å². The van der Waals surface area contributed by atoms with E-state index in [1.807, 2.05) is 5.51 Å². The predicted molar refractivity (Wildman–Crippen MR) is 73.9 cm³/mol. The minimum absolute atomic E-state index is 0.166. The van der Waals surface area contributed by atoms with E-state index in [0.717, 1.165) is 10.3 Å². The normalized spacial score (nSPS) is 16.9. The average Bonchev–Trinajstić information content (AvgIpc) is 3.11. The Kier molecular flexibility index (Phi) is 2.06. The van der Waals surface area contributed by atoms with E-state index in [4.69, 9.17) is 4.98 Å². The Labute approximate surface area is 109 Å². The molecular weight excluding hydrogens is 240 g/mol. The smallest absolute Gasteiger partial charge is 0.143 e. The van der Waals surface area contributed by atoms with Crippen LogP contribution in [-0.4, -0.2) is 9.97 Å². The van der Waals surface area contributed by atoms with Crippen molar-refractivity contribution in [3.8, 4) is 0 Å². The van der Waals surface area contributed by atoms with Crippen molar-refractivity contribution in [3.63, 3.8) is 0 Å². The molecule has 0 atom stereocenters. The summed E-state index contributed by atoms with van der Waals surface area (Å²) in [5.74, 6) is 0. The van der Waals surface area contributed by atoms with Crippen LogP contribution in [0.3, 0.4) is 0 Å². The standard InChI is InChI=1S/C15H12N2S/c1-2-4-11(5-3-1)15(8-9-15)13-7-6-12-14(17-13)18-10-16-12/h1-7,10H,8-9H2. The van der Waals surface area contributed by atoms with Crippen molar-refractivity contribution in [3.05, 3.63) is 59.2 Å². The molecule has 3 heteroatoms. The lowest BCUT2D eigenvalue weighted by Crippen LogP contribution is -2.10. The number of aromatic nitrogens is 2. The third-order valence-corrected chi connectivity index (χ3v) is 4.50. The predicted octanol–water partition coefficient (Wildman–Crippen LogP) is 3.77. The maximum absolute atomic E-state index is 4.80. The van der Waals surface area contributed by atoms with E-state index in [0.29, 0.717) is 0 Å². The van der Waals surface area contributed by atoms with Crippen LogP contribution in [0.5, 0.6) is 0 Å². The lowest BCUT2D eigenvalue weighted by atomic mass is 9.92. The molecule has 0 saturated heterocycles. The maximum atomic E-state index is 4.80. The molecular formula is C15H12N2S. The number of rotatable bonds is 2. The summed E-state index contributed by atoms with van der Waals surface area (Å²) in [7, 11) is 0. The summed E-state index contributed by atoms with van der Waals surface area (Å²) in [5.41, 5.74) is 5.63. The van der Waals surface area contributed by atoms with Crippen LogP contribution in [-0.2, 0) is 5.41 Å². The van der Waals surface area contributed by atoms with Gasteiger partial charge < -0.3 is 0 Å². The van der Waals surface area contributed by atoms with Crippen LogP contribution in [0, 0.1) is 0 Å². The Hall–Kier alpha value is -1.74. The minimum Gasteiger partial charge on any atom is -0.243 e. The van der Waals surface area contributed by atoms with E-state index in [-0.39, 0.29) is 5.41 Å². The molecule has 0 N–H and O–H groups in total. The van der Waals surface area contributed by atoms with Crippen LogP contribution in [0.25, 0.3) is 10.3 Å². The third kappa shape index (κ3) is 1.40. The summed E-state index contributed by atoms with van der Waals surface area (Å²) in [5, 5.41) is 0. The summed E-state index contributed by atoms with van der Waals surface area (Å²) < 4.78 is 0. The molecule has 0 spiro atoms. The number of hydrogen-bond acceptors (Lipinski definition) is 3. The summed E-state index contributed by atoms with van der Waals surface area (Å²) in [4.78, 5) is 10.1. The Bertz CT molecular complexity index is 699. The van der Waals surface area contributed by atoms with E-state index in [9.17, 15) is 0 Å². The summed E-state index contributed by atoms with van der Waals surface area (Å²) in [6, 6.07) is 15.0. The van der Waals surface area contributed by atoms with Gasteiger partial charge in [-0.15, -0.1) is 11.3 Å². The fourth-order valence-corrected chi connectivity index (χ4v) is 3.25. The molecule has 1 fully saturated rings. The Morgan fingerprint density at radius 3 is 2.61 bits per heavy atom. The second-order valence-corrected chi connectivity index (χ2v) is 5.65. The van der Waals surface area contributed by atoms with Crippen molar-refractivity contribution < 1.29 is 0 Å². The number of hydrogen-bond donors (Lipinski definition) is 0. The van der Waals surface area contributed by atoms with Crippen molar-refractivity contribution in [2.24, 2.45) is 0 Å². The van der Waals surface area contributed by atoms with Crippen molar-refractivity contribution in [1.82, 2.24) is 9.97 Å². The first-order chi connectivity index (χ1) is 8.88. The van der Waals surface area contributed by atoms with E-state index < -0.39 is 0 Å². The zero-order chi connectivity index (χ0) is 12.0.